The molecule has 1 aromatic rings. The van der Waals surface area contributed by atoms with Gasteiger partial charge in [-0.3, -0.25) is 9.59 Å². The highest BCUT2D eigenvalue weighted by atomic mass is 32.1. The first-order chi connectivity index (χ1) is 9.10. The molecular formula is C13H22N4O2S. The third-order valence-corrected chi connectivity index (χ3v) is 3.43. The Balaban J connectivity index is 2.63. The first kappa shape index (κ1) is 16.6. The molecule has 2 unspecified atom stereocenters. The number of aromatic nitrogens is 1. The van der Waals surface area contributed by atoms with Crippen LogP contribution in [0.3, 0.4) is 0 Å². The van der Waals surface area contributed by atoms with E-state index in [0.29, 0.717) is 5.01 Å². The summed E-state index contributed by atoms with van der Waals surface area (Å²) in [4.78, 5) is 28.0. The molecule has 4 N–H and O–H groups in total. The summed E-state index contributed by atoms with van der Waals surface area (Å²) >= 11 is 1.33. The monoisotopic (exact) mass is 298 g/mol. The summed E-state index contributed by atoms with van der Waals surface area (Å²) in [6.07, 6.45) is 0. The molecule has 0 fully saturated rings. The molecule has 0 aromatic carbocycles. The van der Waals surface area contributed by atoms with Crippen LogP contribution in [0.25, 0.3) is 0 Å². The van der Waals surface area contributed by atoms with Gasteiger partial charge in [-0.25, -0.2) is 4.98 Å². The Hall–Kier alpha value is -1.47. The predicted octanol–water partition coefficient (Wildman–Crippen LogP) is 1.20. The van der Waals surface area contributed by atoms with Gasteiger partial charge in [0.25, 0.3) is 5.91 Å². The van der Waals surface area contributed by atoms with Crippen LogP contribution in [0, 0.1) is 0 Å². The Morgan fingerprint density at radius 1 is 1.35 bits per heavy atom. The zero-order chi connectivity index (χ0) is 15.5. The van der Waals surface area contributed by atoms with Gasteiger partial charge in [-0.2, -0.15) is 0 Å². The first-order valence-electron chi connectivity index (χ1n) is 6.44. The summed E-state index contributed by atoms with van der Waals surface area (Å²) in [6.45, 7) is 9.09. The fraction of sp³-hybridized carbons (Fsp3) is 0.615. The second-order valence-electron chi connectivity index (χ2n) is 5.79. The number of rotatable bonds is 4. The molecule has 0 spiro atoms. The van der Waals surface area contributed by atoms with E-state index in [4.69, 9.17) is 5.73 Å². The average Bonchev–Trinajstić information content (AvgIpc) is 2.75. The van der Waals surface area contributed by atoms with Crippen molar-refractivity contribution < 1.29 is 9.59 Å². The highest BCUT2D eigenvalue weighted by Gasteiger charge is 2.22. The number of carbonyl (C=O) groups is 2. The molecule has 1 aromatic heterocycles. The second kappa shape index (κ2) is 6.32. The molecule has 0 aliphatic heterocycles. The highest BCUT2D eigenvalue weighted by molar-refractivity contribution is 7.09. The van der Waals surface area contributed by atoms with Gasteiger partial charge >= 0.3 is 0 Å². The van der Waals surface area contributed by atoms with Crippen LogP contribution in [-0.2, 0) is 4.79 Å². The number of amides is 2. The fourth-order valence-corrected chi connectivity index (χ4v) is 2.17. The van der Waals surface area contributed by atoms with Crippen molar-refractivity contribution in [2.24, 2.45) is 5.73 Å². The lowest BCUT2D eigenvalue weighted by Gasteiger charge is -2.23. The number of nitrogens with one attached hydrogen (secondary N) is 2. The van der Waals surface area contributed by atoms with E-state index in [-0.39, 0.29) is 29.1 Å². The summed E-state index contributed by atoms with van der Waals surface area (Å²) in [7, 11) is 0. The number of nitrogens with zero attached hydrogens (tertiary/aromatic N) is 1. The average molecular weight is 298 g/mol. The molecular weight excluding hydrogens is 276 g/mol. The molecule has 2 atom stereocenters. The van der Waals surface area contributed by atoms with Gasteiger partial charge in [0.15, 0.2) is 0 Å². The molecule has 0 bridgehead atoms. The van der Waals surface area contributed by atoms with Crippen molar-refractivity contribution in [1.82, 2.24) is 15.6 Å². The van der Waals surface area contributed by atoms with E-state index < -0.39 is 6.04 Å². The van der Waals surface area contributed by atoms with E-state index in [1.54, 1.807) is 19.2 Å². The van der Waals surface area contributed by atoms with Crippen LogP contribution in [0.2, 0.25) is 0 Å². The van der Waals surface area contributed by atoms with Crippen molar-refractivity contribution in [1.29, 1.82) is 0 Å². The van der Waals surface area contributed by atoms with Gasteiger partial charge in [0.2, 0.25) is 5.91 Å². The summed E-state index contributed by atoms with van der Waals surface area (Å²) in [6, 6.07) is -0.828. The highest BCUT2D eigenvalue weighted by Crippen LogP contribution is 2.15. The SMILES string of the molecule is CC(NC(=O)c1csc(C(C)N)n1)C(=O)NC(C)(C)C. The third kappa shape index (κ3) is 4.90. The lowest BCUT2D eigenvalue weighted by molar-refractivity contribution is -0.124. The molecule has 20 heavy (non-hydrogen) atoms. The Kier molecular flexibility index (Phi) is 5.24. The molecule has 6 nitrogen and oxygen atoms in total. The Bertz CT molecular complexity index is 491. The third-order valence-electron chi connectivity index (χ3n) is 2.38. The minimum absolute atomic E-state index is 0.205. The van der Waals surface area contributed by atoms with E-state index in [9.17, 15) is 9.59 Å². The maximum Gasteiger partial charge on any atom is 0.271 e. The van der Waals surface area contributed by atoms with Crippen molar-refractivity contribution in [3.8, 4) is 0 Å². The van der Waals surface area contributed by atoms with Crippen LogP contribution >= 0.6 is 11.3 Å². The molecule has 1 rings (SSSR count). The Morgan fingerprint density at radius 3 is 2.40 bits per heavy atom. The van der Waals surface area contributed by atoms with E-state index in [0.717, 1.165) is 0 Å². The van der Waals surface area contributed by atoms with Crippen molar-refractivity contribution in [2.45, 2.75) is 52.2 Å². The topological polar surface area (TPSA) is 97.1 Å². The van der Waals surface area contributed by atoms with Crippen molar-refractivity contribution in [3.05, 3.63) is 16.1 Å². The van der Waals surface area contributed by atoms with Gasteiger partial charge in [0.1, 0.15) is 16.7 Å². The van der Waals surface area contributed by atoms with Gasteiger partial charge < -0.3 is 16.4 Å². The summed E-state index contributed by atoms with van der Waals surface area (Å²) in [5, 5.41) is 7.77. The van der Waals surface area contributed by atoms with Crippen molar-refractivity contribution >= 4 is 23.2 Å². The minimum Gasteiger partial charge on any atom is -0.350 e. The van der Waals surface area contributed by atoms with Crippen molar-refractivity contribution in [3.63, 3.8) is 0 Å². The zero-order valence-corrected chi connectivity index (χ0v) is 13.3. The van der Waals surface area contributed by atoms with Gasteiger partial charge in [0, 0.05) is 10.9 Å². The van der Waals surface area contributed by atoms with Gasteiger partial charge in [0.05, 0.1) is 6.04 Å². The molecule has 2 amide bonds. The second-order valence-corrected chi connectivity index (χ2v) is 6.68. The van der Waals surface area contributed by atoms with E-state index in [1.165, 1.54) is 11.3 Å². The maximum absolute atomic E-state index is 12.0. The number of hydrogen-bond donors (Lipinski definition) is 3. The summed E-state index contributed by atoms with van der Waals surface area (Å²) < 4.78 is 0. The molecule has 0 aliphatic carbocycles. The molecule has 0 saturated carbocycles. The van der Waals surface area contributed by atoms with Gasteiger partial charge in [-0.05, 0) is 34.6 Å². The molecule has 7 heteroatoms. The fourth-order valence-electron chi connectivity index (χ4n) is 1.42. The number of thiazole rings is 1. The number of carbonyl (C=O) groups excluding carboxylic acids is 2. The largest absolute Gasteiger partial charge is 0.350 e. The van der Waals surface area contributed by atoms with Crippen molar-refractivity contribution in [2.75, 3.05) is 0 Å². The standard InChI is InChI=1S/C13H22N4O2S/c1-7(14)12-16-9(6-20-12)11(19)15-8(2)10(18)17-13(3,4)5/h6-8H,14H2,1-5H3,(H,15,19)(H,17,18). The lowest BCUT2D eigenvalue weighted by Crippen LogP contribution is -2.50. The van der Waals surface area contributed by atoms with Crippen LogP contribution in [0.15, 0.2) is 5.38 Å². The lowest BCUT2D eigenvalue weighted by atomic mass is 10.1. The summed E-state index contributed by atoms with van der Waals surface area (Å²) in [5.41, 5.74) is 5.65. The van der Waals surface area contributed by atoms with Crippen LogP contribution in [0.4, 0.5) is 0 Å². The van der Waals surface area contributed by atoms with Gasteiger partial charge in [-0.15, -0.1) is 11.3 Å². The Labute approximate surface area is 123 Å². The van der Waals surface area contributed by atoms with E-state index in [2.05, 4.69) is 15.6 Å². The van der Waals surface area contributed by atoms with E-state index in [1.807, 2.05) is 20.8 Å². The smallest absolute Gasteiger partial charge is 0.271 e. The van der Waals surface area contributed by atoms with Crippen LogP contribution in [0.5, 0.6) is 0 Å². The number of hydrogen-bond acceptors (Lipinski definition) is 5. The quantitative estimate of drug-likeness (QED) is 0.778. The zero-order valence-electron chi connectivity index (χ0n) is 12.5. The summed E-state index contributed by atoms with van der Waals surface area (Å²) in [5.74, 6) is -0.599. The number of nitrogens with two attached hydrogens (primary N) is 1. The molecule has 112 valence electrons. The molecule has 0 saturated heterocycles. The minimum atomic E-state index is -0.623. The first-order valence-corrected chi connectivity index (χ1v) is 7.32. The maximum atomic E-state index is 12.0. The van der Waals surface area contributed by atoms with Gasteiger partial charge in [-0.1, -0.05) is 0 Å². The molecule has 0 radical (unpaired) electrons. The predicted molar refractivity (Wildman–Crippen MR) is 79.5 cm³/mol. The molecule has 1 heterocycles. The Morgan fingerprint density at radius 2 is 1.95 bits per heavy atom. The van der Waals surface area contributed by atoms with Crippen LogP contribution in [-0.4, -0.2) is 28.4 Å². The normalized spacial score (nSPS) is 14.5. The van der Waals surface area contributed by atoms with Crippen LogP contribution < -0.4 is 16.4 Å². The molecule has 0 aliphatic rings. The van der Waals surface area contributed by atoms with E-state index >= 15 is 0 Å². The van der Waals surface area contributed by atoms with Crippen LogP contribution in [0.1, 0.15) is 56.2 Å².